The van der Waals surface area contributed by atoms with E-state index in [0.717, 1.165) is 24.6 Å². The molecule has 9 heteroatoms. The summed E-state index contributed by atoms with van der Waals surface area (Å²) >= 11 is 2.06. The van der Waals surface area contributed by atoms with Crippen LogP contribution in [0.25, 0.3) is 0 Å². The fourth-order valence-corrected chi connectivity index (χ4v) is 5.89. The average Bonchev–Trinajstić information content (AvgIpc) is 2.55. The summed E-state index contributed by atoms with van der Waals surface area (Å²) in [6.07, 6.45) is 0. The summed E-state index contributed by atoms with van der Waals surface area (Å²) in [6, 6.07) is 0. The Hall–Kier alpha value is 0.330. The van der Waals surface area contributed by atoms with Crippen LogP contribution in [0.4, 0.5) is 0 Å². The maximum atomic E-state index is 10.8. The van der Waals surface area contributed by atoms with E-state index in [1.807, 2.05) is 11.9 Å². The third-order valence-electron chi connectivity index (χ3n) is 4.20. The highest BCUT2D eigenvalue weighted by Crippen LogP contribution is 2.05. The topological polar surface area (TPSA) is 60.9 Å². The maximum absolute atomic E-state index is 10.8. The zero-order chi connectivity index (χ0) is 18.0. The van der Waals surface area contributed by atoms with Crippen molar-refractivity contribution in [3.8, 4) is 0 Å². The van der Waals surface area contributed by atoms with Crippen LogP contribution in [0.15, 0.2) is 0 Å². The molecule has 3 heterocycles. The van der Waals surface area contributed by atoms with Gasteiger partial charge in [0.05, 0.1) is 11.5 Å². The zero-order valence-electron chi connectivity index (χ0n) is 15.3. The molecule has 168 valence electrons. The lowest BCUT2D eigenvalue weighted by atomic mass is 10.6. The fraction of sp³-hybridized carbons (Fsp3) is 1.00. The molecule has 27 heavy (non-hydrogen) atoms. The van der Waals surface area contributed by atoms with Crippen LogP contribution in [-0.2, 0) is 20.6 Å². The quantitative estimate of drug-likeness (QED) is 0.559. The van der Waals surface area contributed by atoms with Crippen LogP contribution in [0.5, 0.6) is 0 Å². The molecule has 0 aromatic carbocycles. The lowest BCUT2D eigenvalue weighted by Gasteiger charge is -2.21. The Kier molecular flexibility index (Phi) is 20.4. The second-order valence-corrected chi connectivity index (χ2v) is 11.7. The Balaban J connectivity index is -0.000000305. The SMILES string of the molecule is C.C.C.CN1CCS(=O)(=O)CC1.CN1CCS(=O)CC1.CN1CCSCC1. The summed E-state index contributed by atoms with van der Waals surface area (Å²) < 4.78 is 32.2. The largest absolute Gasteiger partial charge is 0.305 e. The Morgan fingerprint density at radius 3 is 1.37 bits per heavy atom. The zero-order valence-corrected chi connectivity index (χ0v) is 17.7. The van der Waals surface area contributed by atoms with Gasteiger partial charge in [-0.25, -0.2) is 8.42 Å². The molecule has 0 saturated carbocycles. The molecule has 0 amide bonds. The summed E-state index contributed by atoms with van der Waals surface area (Å²) in [4.78, 5) is 6.61. The normalized spacial score (nSPS) is 23.7. The van der Waals surface area contributed by atoms with Crippen LogP contribution < -0.4 is 0 Å². The minimum Gasteiger partial charge on any atom is -0.305 e. The lowest BCUT2D eigenvalue weighted by Crippen LogP contribution is -2.37. The van der Waals surface area contributed by atoms with Gasteiger partial charge in [0.15, 0.2) is 9.84 Å². The van der Waals surface area contributed by atoms with E-state index in [1.165, 1.54) is 24.6 Å². The monoisotopic (exact) mass is 447 g/mol. The third kappa shape index (κ3) is 16.9. The molecular formula is C18H45N3O3S3. The van der Waals surface area contributed by atoms with E-state index in [0.29, 0.717) is 24.6 Å². The molecule has 0 radical (unpaired) electrons. The van der Waals surface area contributed by atoms with Crippen LogP contribution >= 0.6 is 11.8 Å². The molecule has 0 aliphatic carbocycles. The molecule has 0 atom stereocenters. The van der Waals surface area contributed by atoms with Gasteiger partial charge in [0, 0.05) is 73.1 Å². The second-order valence-electron chi connectivity index (χ2n) is 6.52. The van der Waals surface area contributed by atoms with Crippen LogP contribution in [0.2, 0.25) is 0 Å². The molecule has 3 aliphatic heterocycles. The van der Waals surface area contributed by atoms with Crippen molar-refractivity contribution in [3.63, 3.8) is 0 Å². The van der Waals surface area contributed by atoms with Gasteiger partial charge in [0.2, 0.25) is 0 Å². The highest BCUT2D eigenvalue weighted by atomic mass is 32.2. The van der Waals surface area contributed by atoms with E-state index in [2.05, 4.69) is 35.7 Å². The maximum Gasteiger partial charge on any atom is 0.152 e. The number of nitrogens with zero attached hydrogens (tertiary/aromatic N) is 3. The molecule has 0 aromatic rings. The first-order valence-electron chi connectivity index (χ1n) is 8.47. The van der Waals surface area contributed by atoms with E-state index >= 15 is 0 Å². The second kappa shape index (κ2) is 17.2. The van der Waals surface area contributed by atoms with Crippen LogP contribution in [0.3, 0.4) is 0 Å². The van der Waals surface area contributed by atoms with Crippen molar-refractivity contribution in [3.05, 3.63) is 0 Å². The Labute approximate surface area is 176 Å². The van der Waals surface area contributed by atoms with Gasteiger partial charge in [-0.05, 0) is 21.1 Å². The van der Waals surface area contributed by atoms with E-state index in [1.54, 1.807) is 0 Å². The number of hydrogen-bond donors (Lipinski definition) is 0. The average molecular weight is 448 g/mol. The van der Waals surface area contributed by atoms with E-state index in [4.69, 9.17) is 0 Å². The van der Waals surface area contributed by atoms with Gasteiger partial charge in [-0.15, -0.1) is 0 Å². The standard InChI is InChI=1S/C5H11NO2S.C5H11NOS.C5H11NS.3CH4/c1-6-2-4-9(7,8)5-3-6;1-6-2-4-8(7)5-3-6;1-6-2-4-7-5-3-6;;;/h2-5H2,1H3;2-5H2,1H3;2-5H2,1H3;3*1H4. The fourth-order valence-electron chi connectivity index (χ4n) is 2.19. The van der Waals surface area contributed by atoms with Crippen molar-refractivity contribution in [2.75, 3.05) is 94.9 Å². The Morgan fingerprint density at radius 2 is 1.07 bits per heavy atom. The van der Waals surface area contributed by atoms with Crippen molar-refractivity contribution in [1.29, 1.82) is 0 Å². The van der Waals surface area contributed by atoms with Gasteiger partial charge in [0.25, 0.3) is 0 Å². The molecule has 6 nitrogen and oxygen atoms in total. The predicted octanol–water partition coefficient (Wildman–Crippen LogP) is 1.60. The smallest absolute Gasteiger partial charge is 0.152 e. The van der Waals surface area contributed by atoms with Gasteiger partial charge in [-0.3, -0.25) is 4.21 Å². The molecule has 3 aliphatic rings. The molecule has 0 unspecified atom stereocenters. The first-order chi connectivity index (χ1) is 11.3. The van der Waals surface area contributed by atoms with Gasteiger partial charge < -0.3 is 14.7 Å². The first kappa shape index (κ1) is 32.0. The highest BCUT2D eigenvalue weighted by Gasteiger charge is 2.18. The summed E-state index contributed by atoms with van der Waals surface area (Å²) in [5.41, 5.74) is 0. The summed E-state index contributed by atoms with van der Waals surface area (Å²) in [6.45, 7) is 5.97. The molecule has 3 fully saturated rings. The number of rotatable bonds is 0. The predicted molar refractivity (Wildman–Crippen MR) is 127 cm³/mol. The first-order valence-corrected chi connectivity index (χ1v) is 12.9. The van der Waals surface area contributed by atoms with Crippen LogP contribution in [0, 0.1) is 0 Å². The van der Waals surface area contributed by atoms with E-state index < -0.39 is 20.6 Å². The van der Waals surface area contributed by atoms with Crippen molar-refractivity contribution in [2.45, 2.75) is 22.3 Å². The Bertz CT molecular complexity index is 446. The van der Waals surface area contributed by atoms with Gasteiger partial charge in [0.1, 0.15) is 0 Å². The molecule has 0 N–H and O–H groups in total. The molecule has 0 aromatic heterocycles. The van der Waals surface area contributed by atoms with Crippen LogP contribution in [-0.4, -0.2) is 122 Å². The number of hydrogen-bond acceptors (Lipinski definition) is 7. The van der Waals surface area contributed by atoms with Crippen molar-refractivity contribution in [2.24, 2.45) is 0 Å². The molecule has 3 rings (SSSR count). The van der Waals surface area contributed by atoms with E-state index in [9.17, 15) is 12.6 Å². The van der Waals surface area contributed by atoms with Gasteiger partial charge in [-0.1, -0.05) is 22.3 Å². The van der Waals surface area contributed by atoms with Crippen molar-refractivity contribution >= 4 is 32.4 Å². The Morgan fingerprint density at radius 1 is 0.704 bits per heavy atom. The van der Waals surface area contributed by atoms with Gasteiger partial charge >= 0.3 is 0 Å². The minimum atomic E-state index is -2.66. The van der Waals surface area contributed by atoms with Gasteiger partial charge in [-0.2, -0.15) is 11.8 Å². The summed E-state index contributed by atoms with van der Waals surface area (Å²) in [7, 11) is 3.03. The minimum absolute atomic E-state index is 0. The third-order valence-corrected chi connectivity index (χ3v) is 8.03. The number of sulfone groups is 1. The highest BCUT2D eigenvalue weighted by molar-refractivity contribution is 7.99. The molecule has 3 saturated heterocycles. The molecule has 0 spiro atoms. The van der Waals surface area contributed by atoms with Crippen molar-refractivity contribution < 1.29 is 12.6 Å². The van der Waals surface area contributed by atoms with E-state index in [-0.39, 0.29) is 22.3 Å². The lowest BCUT2D eigenvalue weighted by molar-refractivity contribution is 0.360. The molecule has 0 bridgehead atoms. The summed E-state index contributed by atoms with van der Waals surface area (Å²) in [5.74, 6) is 5.08. The molecular weight excluding hydrogens is 402 g/mol. The van der Waals surface area contributed by atoms with Crippen LogP contribution in [0.1, 0.15) is 22.3 Å². The van der Waals surface area contributed by atoms with Crippen molar-refractivity contribution in [1.82, 2.24) is 14.7 Å². The number of thioether (sulfide) groups is 1. The summed E-state index contributed by atoms with van der Waals surface area (Å²) in [5, 5.41) is 0.